The minimum Gasteiger partial charge on any atom is -0.457 e. The molecule has 1 aliphatic heterocycles. The standard InChI is InChI=1S/C28H25NO3/c1-17-6-5-9-22(14-17)32-21-12-10-20(11-13-21)29-27(30)25-19-15-23(18-7-3-2-4-8-18)24(16-19)26(25)28(29)31/h2-14,19,23-26H,15-16H2,1H3. The highest BCUT2D eigenvalue weighted by atomic mass is 16.5. The fraction of sp³-hybridized carbons (Fsp3) is 0.286. The summed E-state index contributed by atoms with van der Waals surface area (Å²) in [5.74, 6) is 2.01. The third-order valence-electron chi connectivity index (χ3n) is 7.56. The van der Waals surface area contributed by atoms with Gasteiger partial charge >= 0.3 is 0 Å². The molecule has 3 fully saturated rings. The van der Waals surface area contributed by atoms with Crippen LogP contribution in [0.2, 0.25) is 0 Å². The van der Waals surface area contributed by atoms with E-state index in [0.717, 1.165) is 24.2 Å². The lowest BCUT2D eigenvalue weighted by Gasteiger charge is -2.28. The van der Waals surface area contributed by atoms with E-state index in [1.54, 1.807) is 0 Å². The number of carbonyl (C=O) groups is 2. The smallest absolute Gasteiger partial charge is 0.237 e. The van der Waals surface area contributed by atoms with Crippen molar-refractivity contribution in [2.24, 2.45) is 23.7 Å². The molecule has 0 spiro atoms. The van der Waals surface area contributed by atoms with Crippen LogP contribution in [-0.2, 0) is 9.59 Å². The summed E-state index contributed by atoms with van der Waals surface area (Å²) in [6, 6.07) is 25.6. The summed E-state index contributed by atoms with van der Waals surface area (Å²) in [5.41, 5.74) is 3.07. The van der Waals surface area contributed by atoms with Crippen molar-refractivity contribution in [2.45, 2.75) is 25.7 Å². The van der Waals surface area contributed by atoms with Gasteiger partial charge in [-0.2, -0.15) is 0 Å². The average Bonchev–Trinajstić information content (AvgIpc) is 3.47. The van der Waals surface area contributed by atoms with E-state index in [4.69, 9.17) is 4.74 Å². The van der Waals surface area contributed by atoms with Gasteiger partial charge in [-0.1, -0.05) is 42.5 Å². The monoisotopic (exact) mass is 423 g/mol. The molecule has 2 amide bonds. The Hall–Kier alpha value is -3.40. The number of anilines is 1. The Morgan fingerprint density at radius 1 is 0.781 bits per heavy atom. The molecular formula is C28H25NO3. The average molecular weight is 424 g/mol. The number of hydrogen-bond acceptors (Lipinski definition) is 3. The summed E-state index contributed by atoms with van der Waals surface area (Å²) in [6.07, 6.45) is 2.00. The highest BCUT2D eigenvalue weighted by Gasteiger charge is 2.64. The van der Waals surface area contributed by atoms with Gasteiger partial charge in [-0.15, -0.1) is 0 Å². The van der Waals surface area contributed by atoms with Gasteiger partial charge in [0.1, 0.15) is 11.5 Å². The van der Waals surface area contributed by atoms with Crippen LogP contribution in [0.1, 0.15) is 29.9 Å². The zero-order valence-electron chi connectivity index (χ0n) is 18.0. The van der Waals surface area contributed by atoms with Gasteiger partial charge < -0.3 is 4.74 Å². The number of hydrogen-bond donors (Lipinski definition) is 0. The molecule has 1 heterocycles. The summed E-state index contributed by atoms with van der Waals surface area (Å²) >= 11 is 0. The Morgan fingerprint density at radius 2 is 1.53 bits per heavy atom. The van der Waals surface area contributed by atoms with Crippen LogP contribution in [0.25, 0.3) is 0 Å². The first-order valence-corrected chi connectivity index (χ1v) is 11.4. The second kappa shape index (κ2) is 7.33. The molecule has 3 aromatic rings. The van der Waals surface area contributed by atoms with E-state index in [0.29, 0.717) is 23.3 Å². The Balaban J connectivity index is 1.23. The van der Waals surface area contributed by atoms with Crippen molar-refractivity contribution >= 4 is 17.5 Å². The van der Waals surface area contributed by atoms with Gasteiger partial charge in [-0.3, -0.25) is 14.5 Å². The molecule has 2 saturated carbocycles. The van der Waals surface area contributed by atoms with E-state index in [-0.39, 0.29) is 29.6 Å². The highest BCUT2D eigenvalue weighted by Crippen LogP contribution is 2.61. The lowest BCUT2D eigenvalue weighted by atomic mass is 9.73. The predicted molar refractivity (Wildman–Crippen MR) is 123 cm³/mol. The Labute approximate surface area is 187 Å². The molecule has 2 aliphatic carbocycles. The molecule has 3 aliphatic rings. The van der Waals surface area contributed by atoms with Gasteiger partial charge in [0.15, 0.2) is 0 Å². The molecule has 160 valence electrons. The second-order valence-electron chi connectivity index (χ2n) is 9.39. The molecule has 0 aromatic heterocycles. The molecule has 0 radical (unpaired) electrons. The van der Waals surface area contributed by atoms with E-state index >= 15 is 0 Å². The molecule has 2 bridgehead atoms. The van der Waals surface area contributed by atoms with Gasteiger partial charge in [0.2, 0.25) is 11.8 Å². The van der Waals surface area contributed by atoms with Crippen LogP contribution in [0.4, 0.5) is 5.69 Å². The summed E-state index contributed by atoms with van der Waals surface area (Å²) < 4.78 is 5.92. The minimum absolute atomic E-state index is 0.0219. The fourth-order valence-electron chi connectivity index (χ4n) is 6.28. The number of imide groups is 1. The van der Waals surface area contributed by atoms with Crippen molar-refractivity contribution in [3.05, 3.63) is 90.0 Å². The summed E-state index contributed by atoms with van der Waals surface area (Å²) in [7, 11) is 0. The number of aryl methyl sites for hydroxylation is 1. The van der Waals surface area contributed by atoms with Crippen LogP contribution >= 0.6 is 0 Å². The fourth-order valence-corrected chi connectivity index (χ4v) is 6.28. The molecule has 0 N–H and O–H groups in total. The molecule has 32 heavy (non-hydrogen) atoms. The lowest BCUT2D eigenvalue weighted by Crippen LogP contribution is -2.32. The van der Waals surface area contributed by atoms with Gasteiger partial charge in [0, 0.05) is 0 Å². The Bertz CT molecular complexity index is 1190. The van der Waals surface area contributed by atoms with Gasteiger partial charge in [0.05, 0.1) is 17.5 Å². The Morgan fingerprint density at radius 3 is 2.28 bits per heavy atom. The second-order valence-corrected chi connectivity index (χ2v) is 9.39. The van der Waals surface area contributed by atoms with Crippen LogP contribution < -0.4 is 9.64 Å². The van der Waals surface area contributed by atoms with Crippen molar-refractivity contribution in [3.8, 4) is 11.5 Å². The molecule has 6 rings (SSSR count). The number of amides is 2. The van der Waals surface area contributed by atoms with Crippen LogP contribution in [0, 0.1) is 30.6 Å². The topological polar surface area (TPSA) is 46.6 Å². The molecular weight excluding hydrogens is 398 g/mol. The zero-order chi connectivity index (χ0) is 21.8. The van der Waals surface area contributed by atoms with E-state index in [9.17, 15) is 9.59 Å². The first-order valence-electron chi connectivity index (χ1n) is 11.4. The number of fused-ring (bicyclic) bond motifs is 5. The largest absolute Gasteiger partial charge is 0.457 e. The van der Waals surface area contributed by atoms with Crippen LogP contribution in [-0.4, -0.2) is 11.8 Å². The van der Waals surface area contributed by atoms with E-state index in [2.05, 4.69) is 24.3 Å². The maximum absolute atomic E-state index is 13.5. The summed E-state index contributed by atoms with van der Waals surface area (Å²) in [5, 5.41) is 0. The highest BCUT2D eigenvalue weighted by molar-refractivity contribution is 6.22. The lowest BCUT2D eigenvalue weighted by molar-refractivity contribution is -0.123. The summed E-state index contributed by atoms with van der Waals surface area (Å²) in [4.78, 5) is 28.2. The number of carbonyl (C=O) groups excluding carboxylic acids is 2. The van der Waals surface area contributed by atoms with E-state index in [1.165, 1.54) is 10.5 Å². The first kappa shape index (κ1) is 19.3. The van der Waals surface area contributed by atoms with Crippen molar-refractivity contribution in [1.82, 2.24) is 0 Å². The third kappa shape index (κ3) is 2.97. The molecule has 4 nitrogen and oxygen atoms in total. The molecule has 5 atom stereocenters. The third-order valence-corrected chi connectivity index (χ3v) is 7.56. The van der Waals surface area contributed by atoms with Crippen molar-refractivity contribution < 1.29 is 14.3 Å². The number of benzene rings is 3. The first-order chi connectivity index (χ1) is 15.6. The zero-order valence-corrected chi connectivity index (χ0v) is 18.0. The van der Waals surface area contributed by atoms with Gasteiger partial charge in [-0.25, -0.2) is 0 Å². The normalized spacial score (nSPS) is 28.3. The summed E-state index contributed by atoms with van der Waals surface area (Å²) in [6.45, 7) is 2.02. The van der Waals surface area contributed by atoms with E-state index < -0.39 is 0 Å². The number of nitrogens with zero attached hydrogens (tertiary/aromatic N) is 1. The molecule has 4 heteroatoms. The Kier molecular flexibility index (Phi) is 4.42. The maximum Gasteiger partial charge on any atom is 0.237 e. The predicted octanol–water partition coefficient (Wildman–Crippen LogP) is 5.72. The molecule has 3 aromatic carbocycles. The minimum atomic E-state index is -0.185. The van der Waals surface area contributed by atoms with Gasteiger partial charge in [0.25, 0.3) is 0 Å². The molecule has 5 unspecified atom stereocenters. The van der Waals surface area contributed by atoms with Crippen LogP contribution in [0.3, 0.4) is 0 Å². The van der Waals surface area contributed by atoms with Crippen molar-refractivity contribution in [3.63, 3.8) is 0 Å². The van der Waals surface area contributed by atoms with Crippen LogP contribution in [0.15, 0.2) is 78.9 Å². The maximum atomic E-state index is 13.5. The van der Waals surface area contributed by atoms with E-state index in [1.807, 2.05) is 61.5 Å². The van der Waals surface area contributed by atoms with Crippen molar-refractivity contribution in [2.75, 3.05) is 4.90 Å². The van der Waals surface area contributed by atoms with Gasteiger partial charge in [-0.05, 0) is 85.0 Å². The SMILES string of the molecule is Cc1cccc(Oc2ccc(N3C(=O)C4C5CC(c6ccccc6)C(C5)C4C3=O)cc2)c1. The van der Waals surface area contributed by atoms with Crippen molar-refractivity contribution in [1.29, 1.82) is 0 Å². The quantitative estimate of drug-likeness (QED) is 0.505. The number of ether oxygens (including phenoxy) is 1. The molecule has 1 saturated heterocycles. The number of rotatable bonds is 4. The van der Waals surface area contributed by atoms with Crippen LogP contribution in [0.5, 0.6) is 11.5 Å².